The SMILES string of the molecule is CC1(C)S[C@H]([C@H](NC(=O)Cc2ccccc2)C(=O)NCc2ccccc2)N[C@H]1C(=O)NCCNC(=O)[C@@H]1N[C@@H]([C@H](NC(=O)Cc2ccccc2)C(=O)NCc2ccc(C(=O)O)cc2)SC1(C)C. The molecule has 2 saturated heterocycles. The van der Waals surface area contributed by atoms with Crippen LogP contribution in [0.25, 0.3) is 0 Å². The molecule has 0 spiro atoms. The lowest BCUT2D eigenvalue weighted by Gasteiger charge is -2.25. The van der Waals surface area contributed by atoms with Gasteiger partial charge >= 0.3 is 5.97 Å². The molecule has 67 heavy (non-hydrogen) atoms. The highest BCUT2D eigenvalue weighted by Gasteiger charge is 2.50. The number of carboxylic acids is 1. The van der Waals surface area contributed by atoms with Crippen molar-refractivity contribution < 1.29 is 38.7 Å². The number of benzene rings is 4. The molecule has 9 N–H and O–H groups in total. The summed E-state index contributed by atoms with van der Waals surface area (Å²) in [5, 5.41) is 31.8. The molecule has 4 aromatic rings. The smallest absolute Gasteiger partial charge is 0.335 e. The lowest BCUT2D eigenvalue weighted by Crippen LogP contribution is -2.58. The highest BCUT2D eigenvalue weighted by Crippen LogP contribution is 2.40. The average Bonchev–Trinajstić information content (AvgIpc) is 3.81. The standard InChI is InChI=1S/C49H58N8O8S2/c1-48(2)39(56-45(66-48)37(41(60)52-28-32-18-12-7-13-19-32)54-35(58)26-30-14-8-5-9-15-30)43(62)50-24-25-51-44(63)40-49(3,4)67-46(57-40)38(55-36(59)27-31-16-10-6-11-17-31)42(61)53-29-33-20-22-34(23-21-33)47(64)65/h5-23,37-40,45-46,56-57H,24-29H2,1-4H3,(H,50,62)(H,51,63)(H,52,60)(H,53,61)(H,54,58)(H,55,59)(H,64,65)/t37-,38-,39+,40+,45-,46-/m1/s1. The first-order chi connectivity index (χ1) is 32.0. The van der Waals surface area contributed by atoms with E-state index in [-0.39, 0.29) is 68.2 Å². The van der Waals surface area contributed by atoms with Crippen molar-refractivity contribution in [3.63, 3.8) is 0 Å². The Bertz CT molecular complexity index is 2370. The van der Waals surface area contributed by atoms with Crippen LogP contribution in [0.15, 0.2) is 115 Å². The number of carbonyl (C=O) groups excluding carboxylic acids is 6. The third-order valence-corrected chi connectivity index (χ3v) is 14.4. The molecule has 6 amide bonds. The molecule has 16 nitrogen and oxygen atoms in total. The highest BCUT2D eigenvalue weighted by molar-refractivity contribution is 8.01. The molecule has 0 saturated carbocycles. The van der Waals surface area contributed by atoms with E-state index in [0.717, 1.165) is 16.7 Å². The van der Waals surface area contributed by atoms with Crippen molar-refractivity contribution in [2.24, 2.45) is 0 Å². The van der Waals surface area contributed by atoms with E-state index in [1.54, 1.807) is 12.1 Å². The molecule has 4 aromatic carbocycles. The van der Waals surface area contributed by atoms with Crippen LogP contribution in [0.3, 0.4) is 0 Å². The summed E-state index contributed by atoms with van der Waals surface area (Å²) in [6, 6.07) is 30.2. The van der Waals surface area contributed by atoms with Crippen LogP contribution < -0.4 is 42.5 Å². The van der Waals surface area contributed by atoms with Gasteiger partial charge in [0.15, 0.2) is 0 Å². The second-order valence-corrected chi connectivity index (χ2v) is 21.0. The highest BCUT2D eigenvalue weighted by atomic mass is 32.2. The van der Waals surface area contributed by atoms with Gasteiger partial charge in [0.2, 0.25) is 35.4 Å². The summed E-state index contributed by atoms with van der Waals surface area (Å²) in [4.78, 5) is 93.0. The van der Waals surface area contributed by atoms with Gasteiger partial charge in [-0.1, -0.05) is 103 Å². The van der Waals surface area contributed by atoms with Crippen LogP contribution in [0.1, 0.15) is 60.3 Å². The molecule has 6 atom stereocenters. The summed E-state index contributed by atoms with van der Waals surface area (Å²) in [6.07, 6.45) is 0.0998. The maximum Gasteiger partial charge on any atom is 0.335 e. The molecule has 18 heteroatoms. The first-order valence-corrected chi connectivity index (χ1v) is 23.8. The Labute approximate surface area is 398 Å². The van der Waals surface area contributed by atoms with Gasteiger partial charge in [-0.15, -0.1) is 23.5 Å². The van der Waals surface area contributed by atoms with Crippen LogP contribution in [0.4, 0.5) is 0 Å². The number of hydrogen-bond donors (Lipinski definition) is 9. The Hall–Kier alpha value is -6.21. The van der Waals surface area contributed by atoms with Gasteiger partial charge < -0.3 is 37.0 Å². The van der Waals surface area contributed by atoms with E-state index >= 15 is 0 Å². The number of hydrogen-bond acceptors (Lipinski definition) is 11. The zero-order valence-corrected chi connectivity index (χ0v) is 39.4. The summed E-state index contributed by atoms with van der Waals surface area (Å²) in [6.45, 7) is 7.99. The van der Waals surface area contributed by atoms with Crippen molar-refractivity contribution in [1.82, 2.24) is 42.5 Å². The first kappa shape index (κ1) is 50.2. The van der Waals surface area contributed by atoms with Gasteiger partial charge in [0.25, 0.3) is 0 Å². The number of nitrogens with one attached hydrogen (secondary N) is 8. The van der Waals surface area contributed by atoms with Crippen molar-refractivity contribution in [2.45, 2.75) is 98.0 Å². The molecule has 2 aliphatic heterocycles. The first-order valence-electron chi connectivity index (χ1n) is 22.0. The second kappa shape index (κ2) is 23.0. The number of carboxylic acid groups (broad SMARTS) is 1. The van der Waals surface area contributed by atoms with Gasteiger partial charge in [-0.05, 0) is 62.1 Å². The van der Waals surface area contributed by atoms with E-state index < -0.39 is 62.2 Å². The topological polar surface area (TPSA) is 236 Å². The molecule has 2 aliphatic rings. The Morgan fingerprint density at radius 1 is 0.522 bits per heavy atom. The van der Waals surface area contributed by atoms with Crippen LogP contribution in [-0.2, 0) is 54.7 Å². The molecular weight excluding hydrogens is 893 g/mol. The van der Waals surface area contributed by atoms with Crippen LogP contribution in [0.2, 0.25) is 0 Å². The summed E-state index contributed by atoms with van der Waals surface area (Å²) in [7, 11) is 0. The lowest BCUT2D eigenvalue weighted by atomic mass is 10.0. The van der Waals surface area contributed by atoms with Crippen LogP contribution in [0, 0.1) is 0 Å². The number of rotatable bonds is 20. The van der Waals surface area contributed by atoms with E-state index in [1.165, 1.54) is 35.7 Å². The second-order valence-electron chi connectivity index (χ2n) is 17.4. The van der Waals surface area contributed by atoms with Gasteiger partial charge in [0.1, 0.15) is 24.2 Å². The van der Waals surface area contributed by atoms with Crippen LogP contribution >= 0.6 is 23.5 Å². The zero-order chi connectivity index (χ0) is 48.1. The van der Waals surface area contributed by atoms with Crippen molar-refractivity contribution >= 4 is 64.9 Å². The monoisotopic (exact) mass is 950 g/mol. The Kier molecular flexibility index (Phi) is 17.2. The summed E-state index contributed by atoms with van der Waals surface area (Å²) < 4.78 is -1.44. The van der Waals surface area contributed by atoms with E-state index in [0.29, 0.717) is 5.56 Å². The van der Waals surface area contributed by atoms with Crippen molar-refractivity contribution in [2.75, 3.05) is 13.1 Å². The van der Waals surface area contributed by atoms with Crippen LogP contribution in [0.5, 0.6) is 0 Å². The molecule has 0 bridgehead atoms. The zero-order valence-electron chi connectivity index (χ0n) is 37.8. The molecule has 354 valence electrons. The van der Waals surface area contributed by atoms with Crippen molar-refractivity contribution in [1.29, 1.82) is 0 Å². The Balaban J connectivity index is 1.04. The van der Waals surface area contributed by atoms with E-state index in [9.17, 15) is 38.7 Å². The normalized spacial score (nSPS) is 20.1. The minimum atomic E-state index is -1.09. The average molecular weight is 951 g/mol. The molecule has 0 radical (unpaired) electrons. The summed E-state index contributed by atoms with van der Waals surface area (Å²) in [5.41, 5.74) is 3.21. The Morgan fingerprint density at radius 3 is 1.25 bits per heavy atom. The number of aromatic carboxylic acids is 1. The fraction of sp³-hybridized carbons (Fsp3) is 0.367. The third kappa shape index (κ3) is 14.2. The van der Waals surface area contributed by atoms with Gasteiger partial charge in [-0.3, -0.25) is 39.4 Å². The largest absolute Gasteiger partial charge is 0.478 e. The maximum absolute atomic E-state index is 13.8. The van der Waals surface area contributed by atoms with Crippen molar-refractivity contribution in [3.05, 3.63) is 143 Å². The molecule has 0 unspecified atom stereocenters. The van der Waals surface area contributed by atoms with Gasteiger partial charge in [0.05, 0.1) is 29.2 Å². The minimum absolute atomic E-state index is 0.0284. The fourth-order valence-electron chi connectivity index (χ4n) is 7.80. The molecule has 2 heterocycles. The summed E-state index contributed by atoms with van der Waals surface area (Å²) in [5.74, 6) is -3.40. The van der Waals surface area contributed by atoms with Gasteiger partial charge in [-0.25, -0.2) is 4.79 Å². The van der Waals surface area contributed by atoms with E-state index in [4.69, 9.17) is 0 Å². The van der Waals surface area contributed by atoms with E-state index in [1.807, 2.05) is 119 Å². The maximum atomic E-state index is 13.8. The number of thioether (sulfide) groups is 2. The minimum Gasteiger partial charge on any atom is -0.478 e. The lowest BCUT2D eigenvalue weighted by molar-refractivity contribution is -0.129. The van der Waals surface area contributed by atoms with Crippen molar-refractivity contribution in [3.8, 4) is 0 Å². The number of carbonyl (C=O) groups is 7. The molecular formula is C49H58N8O8S2. The summed E-state index contributed by atoms with van der Waals surface area (Å²) >= 11 is 2.72. The predicted molar refractivity (Wildman–Crippen MR) is 258 cm³/mol. The quantitative estimate of drug-likeness (QED) is 0.0582. The van der Waals surface area contributed by atoms with Gasteiger partial charge in [0, 0.05) is 35.7 Å². The van der Waals surface area contributed by atoms with Crippen LogP contribution in [-0.4, -0.2) is 104 Å². The Morgan fingerprint density at radius 2 is 0.881 bits per heavy atom. The van der Waals surface area contributed by atoms with E-state index in [2.05, 4.69) is 42.5 Å². The molecule has 0 aromatic heterocycles. The predicted octanol–water partition coefficient (Wildman–Crippen LogP) is 2.62. The van der Waals surface area contributed by atoms with Gasteiger partial charge in [-0.2, -0.15) is 0 Å². The third-order valence-electron chi connectivity index (χ3n) is 11.4. The fourth-order valence-corrected chi connectivity index (χ4v) is 10.8. The number of amides is 6. The molecule has 2 fully saturated rings. The molecule has 0 aliphatic carbocycles. The molecule has 6 rings (SSSR count).